The Labute approximate surface area is 92.6 Å². The van der Waals surface area contributed by atoms with Crippen LogP contribution in [-0.4, -0.2) is 21.1 Å². The molecule has 0 saturated heterocycles. The van der Waals surface area contributed by atoms with E-state index in [2.05, 4.69) is 22.0 Å². The van der Waals surface area contributed by atoms with E-state index in [9.17, 15) is 0 Å². The molecule has 0 saturated carbocycles. The van der Waals surface area contributed by atoms with Crippen LogP contribution in [0.1, 0.15) is 5.56 Å². The van der Waals surface area contributed by atoms with Gasteiger partial charge in [-0.15, -0.1) is 5.10 Å². The van der Waals surface area contributed by atoms with Crippen LogP contribution < -0.4 is 5.32 Å². The lowest BCUT2D eigenvalue weighted by Gasteiger charge is -1.96. The molecule has 0 radical (unpaired) electrons. The number of aromatic nitrogens is 3. The molecule has 0 fully saturated rings. The summed E-state index contributed by atoms with van der Waals surface area (Å²) in [5.41, 5.74) is 1.95. The first-order chi connectivity index (χ1) is 7.15. The summed E-state index contributed by atoms with van der Waals surface area (Å²) >= 11 is 5.63. The normalized spacial score (nSPS) is 10.5. The van der Waals surface area contributed by atoms with Crippen molar-refractivity contribution >= 4 is 23.2 Å². The molecule has 1 N–H and O–H groups in total. The molecule has 0 aliphatic carbocycles. The molecule has 0 aliphatic heterocycles. The fourth-order valence-corrected chi connectivity index (χ4v) is 1.30. The highest BCUT2D eigenvalue weighted by atomic mass is 35.5. The highest BCUT2D eigenvalue weighted by molar-refractivity contribution is 6.29. The lowest BCUT2D eigenvalue weighted by Crippen LogP contribution is -2.02. The van der Waals surface area contributed by atoms with Gasteiger partial charge in [-0.25, -0.2) is 4.52 Å². The summed E-state index contributed by atoms with van der Waals surface area (Å²) in [7, 11) is 0. The zero-order chi connectivity index (χ0) is 10.8. The van der Waals surface area contributed by atoms with E-state index in [4.69, 9.17) is 11.6 Å². The van der Waals surface area contributed by atoms with Crippen LogP contribution >= 0.6 is 11.6 Å². The average Bonchev–Trinajstić information content (AvgIpc) is 2.56. The van der Waals surface area contributed by atoms with Gasteiger partial charge in [0, 0.05) is 11.2 Å². The fourth-order valence-electron chi connectivity index (χ4n) is 1.24. The Hall–Kier alpha value is -1.55. The summed E-state index contributed by atoms with van der Waals surface area (Å²) in [6.45, 7) is 6.06. The van der Waals surface area contributed by atoms with Crippen LogP contribution in [0.5, 0.6) is 0 Å². The molecule has 0 unspecified atom stereocenters. The van der Waals surface area contributed by atoms with Gasteiger partial charge in [0.05, 0.1) is 6.54 Å². The Morgan fingerprint density at radius 2 is 2.40 bits per heavy atom. The van der Waals surface area contributed by atoms with Crippen molar-refractivity contribution in [2.45, 2.75) is 6.92 Å². The van der Waals surface area contributed by atoms with E-state index < -0.39 is 0 Å². The van der Waals surface area contributed by atoms with Crippen LogP contribution in [-0.2, 0) is 0 Å². The number of hydrogen-bond donors (Lipinski definition) is 1. The average molecular weight is 223 g/mol. The molecule has 0 amide bonds. The van der Waals surface area contributed by atoms with Crippen LogP contribution in [0.4, 0.5) is 5.95 Å². The Morgan fingerprint density at radius 1 is 1.60 bits per heavy atom. The molecule has 2 aromatic heterocycles. The SMILES string of the molecule is C=C(Cl)CNc1nc2ccc(C)cn2n1. The number of nitrogens with zero attached hydrogens (tertiary/aromatic N) is 3. The Balaban J connectivity index is 2.27. The standard InChI is InChI=1S/C10H11ClN4/c1-7-3-4-9-13-10(12-5-8(2)11)14-15(9)6-7/h3-4,6H,2,5H2,1H3,(H,12,14). The van der Waals surface area contributed by atoms with Crippen LogP contribution in [0.15, 0.2) is 29.9 Å². The molecule has 0 aliphatic rings. The summed E-state index contributed by atoms with van der Waals surface area (Å²) in [5.74, 6) is 0.558. The van der Waals surface area contributed by atoms with Crippen LogP contribution in [0.3, 0.4) is 0 Å². The molecule has 2 aromatic rings. The number of halogens is 1. The number of aryl methyl sites for hydroxylation is 1. The van der Waals surface area contributed by atoms with Gasteiger partial charge in [-0.2, -0.15) is 4.98 Å². The van der Waals surface area contributed by atoms with Gasteiger partial charge in [-0.3, -0.25) is 0 Å². The summed E-state index contributed by atoms with van der Waals surface area (Å²) in [4.78, 5) is 4.27. The minimum absolute atomic E-state index is 0.470. The first-order valence-electron chi connectivity index (χ1n) is 4.55. The minimum atomic E-state index is 0.470. The maximum absolute atomic E-state index is 5.63. The van der Waals surface area contributed by atoms with Gasteiger partial charge in [0.1, 0.15) is 0 Å². The molecule has 15 heavy (non-hydrogen) atoms. The van der Waals surface area contributed by atoms with E-state index >= 15 is 0 Å². The first kappa shape index (κ1) is 9.98. The van der Waals surface area contributed by atoms with E-state index in [1.54, 1.807) is 4.52 Å². The van der Waals surface area contributed by atoms with E-state index in [-0.39, 0.29) is 0 Å². The predicted octanol–water partition coefficient (Wildman–Crippen LogP) is 2.20. The number of nitrogens with one attached hydrogen (secondary N) is 1. The summed E-state index contributed by atoms with van der Waals surface area (Å²) in [5, 5.41) is 7.75. The molecular formula is C10H11ClN4. The van der Waals surface area contributed by atoms with E-state index in [0.29, 0.717) is 17.5 Å². The van der Waals surface area contributed by atoms with Crippen molar-refractivity contribution in [2.75, 3.05) is 11.9 Å². The molecule has 0 spiro atoms. The topological polar surface area (TPSA) is 42.2 Å². The molecule has 0 bridgehead atoms. The second-order valence-corrected chi connectivity index (χ2v) is 3.85. The highest BCUT2D eigenvalue weighted by Crippen LogP contribution is 2.07. The van der Waals surface area contributed by atoms with Crippen LogP contribution in [0.25, 0.3) is 5.65 Å². The fraction of sp³-hybridized carbons (Fsp3) is 0.200. The van der Waals surface area contributed by atoms with Gasteiger partial charge in [-0.1, -0.05) is 24.2 Å². The van der Waals surface area contributed by atoms with Gasteiger partial charge in [0.15, 0.2) is 5.65 Å². The zero-order valence-corrected chi connectivity index (χ0v) is 9.12. The largest absolute Gasteiger partial charge is 0.348 e. The van der Waals surface area contributed by atoms with Gasteiger partial charge in [-0.05, 0) is 18.6 Å². The highest BCUT2D eigenvalue weighted by Gasteiger charge is 2.02. The maximum Gasteiger partial charge on any atom is 0.243 e. The Morgan fingerprint density at radius 3 is 3.13 bits per heavy atom. The lowest BCUT2D eigenvalue weighted by molar-refractivity contribution is 0.950. The molecule has 4 nitrogen and oxygen atoms in total. The monoisotopic (exact) mass is 222 g/mol. The third-order valence-corrected chi connectivity index (χ3v) is 2.05. The van der Waals surface area contributed by atoms with Crippen molar-refractivity contribution in [3.63, 3.8) is 0 Å². The third-order valence-electron chi connectivity index (χ3n) is 1.92. The van der Waals surface area contributed by atoms with Gasteiger partial charge >= 0.3 is 0 Å². The molecule has 5 heteroatoms. The molecule has 2 heterocycles. The van der Waals surface area contributed by atoms with Crippen molar-refractivity contribution in [3.05, 3.63) is 35.5 Å². The van der Waals surface area contributed by atoms with Crippen LogP contribution in [0, 0.1) is 6.92 Å². The Bertz CT molecular complexity index is 503. The second-order valence-electron chi connectivity index (χ2n) is 3.32. The van der Waals surface area contributed by atoms with Crippen molar-refractivity contribution in [3.8, 4) is 0 Å². The smallest absolute Gasteiger partial charge is 0.243 e. The number of rotatable bonds is 3. The summed E-state index contributed by atoms with van der Waals surface area (Å²) in [6, 6.07) is 3.91. The Kier molecular flexibility index (Phi) is 2.60. The lowest BCUT2D eigenvalue weighted by atomic mass is 10.3. The number of pyridine rings is 1. The zero-order valence-electron chi connectivity index (χ0n) is 8.37. The van der Waals surface area contributed by atoms with Gasteiger partial charge < -0.3 is 5.32 Å². The van der Waals surface area contributed by atoms with Crippen molar-refractivity contribution in [1.82, 2.24) is 14.6 Å². The van der Waals surface area contributed by atoms with E-state index in [0.717, 1.165) is 11.2 Å². The van der Waals surface area contributed by atoms with Crippen molar-refractivity contribution in [2.24, 2.45) is 0 Å². The molecule has 0 atom stereocenters. The molecule has 0 aromatic carbocycles. The third kappa shape index (κ3) is 2.27. The number of fused-ring (bicyclic) bond motifs is 1. The second kappa shape index (κ2) is 3.90. The number of hydrogen-bond acceptors (Lipinski definition) is 3. The van der Waals surface area contributed by atoms with E-state index in [1.165, 1.54) is 0 Å². The van der Waals surface area contributed by atoms with Crippen molar-refractivity contribution in [1.29, 1.82) is 0 Å². The first-order valence-corrected chi connectivity index (χ1v) is 4.93. The van der Waals surface area contributed by atoms with Crippen molar-refractivity contribution < 1.29 is 0 Å². The molecule has 78 valence electrons. The van der Waals surface area contributed by atoms with Crippen LogP contribution in [0.2, 0.25) is 0 Å². The predicted molar refractivity (Wildman–Crippen MR) is 61.2 cm³/mol. The summed E-state index contributed by atoms with van der Waals surface area (Å²) < 4.78 is 1.73. The number of anilines is 1. The summed E-state index contributed by atoms with van der Waals surface area (Å²) in [6.07, 6.45) is 1.92. The molecular weight excluding hydrogens is 212 g/mol. The molecule has 2 rings (SSSR count). The maximum atomic E-state index is 5.63. The van der Waals surface area contributed by atoms with Gasteiger partial charge in [0.25, 0.3) is 0 Å². The minimum Gasteiger partial charge on any atom is -0.348 e. The van der Waals surface area contributed by atoms with Gasteiger partial charge in [0.2, 0.25) is 5.95 Å². The van der Waals surface area contributed by atoms with E-state index in [1.807, 2.05) is 25.3 Å². The quantitative estimate of drug-likeness (QED) is 0.866.